The maximum atomic E-state index is 3.51. The maximum absolute atomic E-state index is 3.51. The molecule has 4 aromatic rings. The van der Waals surface area contributed by atoms with Crippen LogP contribution in [0, 0.1) is 23.7 Å². The fourth-order valence-electron chi connectivity index (χ4n) is 7.06. The lowest BCUT2D eigenvalue weighted by Crippen LogP contribution is -2.26. The number of hydrogen-bond donors (Lipinski definition) is 0. The lowest BCUT2D eigenvalue weighted by atomic mass is 9.70. The van der Waals surface area contributed by atoms with E-state index in [0.717, 1.165) is 22.3 Å². The quantitative estimate of drug-likeness (QED) is 0.101. The molecule has 45 heavy (non-hydrogen) atoms. The van der Waals surface area contributed by atoms with Gasteiger partial charge in [-0.25, -0.2) is 0 Å². The summed E-state index contributed by atoms with van der Waals surface area (Å²) >= 11 is 0. The number of unbranched alkanes of at least 4 members (excludes halogenated alkanes) is 10. The van der Waals surface area contributed by atoms with Gasteiger partial charge in [-0.2, -0.15) is 0 Å². The molecule has 0 unspecified atom stereocenters. The third-order valence-corrected chi connectivity index (χ3v) is 9.52. The van der Waals surface area contributed by atoms with Crippen molar-refractivity contribution in [3.63, 3.8) is 0 Å². The van der Waals surface area contributed by atoms with E-state index in [4.69, 9.17) is 0 Å². The molecule has 0 amide bonds. The van der Waals surface area contributed by atoms with Crippen LogP contribution in [0.4, 0.5) is 0 Å². The minimum atomic E-state index is 0.00898. The van der Waals surface area contributed by atoms with Crippen LogP contribution in [0.3, 0.4) is 0 Å². The second-order valence-corrected chi connectivity index (χ2v) is 12.9. The highest BCUT2D eigenvalue weighted by molar-refractivity contribution is 5.82. The van der Waals surface area contributed by atoms with E-state index in [2.05, 4.69) is 135 Å². The Balaban J connectivity index is 1.53. The molecular weight excluding hydrogens is 540 g/mol. The molecule has 0 heterocycles. The third kappa shape index (κ3) is 8.59. The largest absolute Gasteiger partial charge is 0.0654 e. The lowest BCUT2D eigenvalue weighted by Gasteiger charge is -2.33. The molecule has 0 atom stereocenters. The maximum Gasteiger partial charge on any atom is 0.0252 e. The van der Waals surface area contributed by atoms with Gasteiger partial charge in [-0.1, -0.05) is 163 Å². The molecular formula is C45H50. The van der Waals surface area contributed by atoms with Crippen LogP contribution in [-0.4, -0.2) is 0 Å². The van der Waals surface area contributed by atoms with Crippen LogP contribution in [0.2, 0.25) is 0 Å². The minimum Gasteiger partial charge on any atom is -0.0654 e. The smallest absolute Gasteiger partial charge is 0.0252 e. The summed E-state index contributed by atoms with van der Waals surface area (Å²) in [5.41, 5.74) is 10.1. The zero-order valence-electron chi connectivity index (χ0n) is 27.6. The summed E-state index contributed by atoms with van der Waals surface area (Å²) in [6, 6.07) is 34.8. The van der Waals surface area contributed by atoms with E-state index in [1.165, 1.54) is 112 Å². The average Bonchev–Trinajstić information content (AvgIpc) is 3.35. The van der Waals surface area contributed by atoms with Crippen LogP contribution in [0.5, 0.6) is 0 Å². The molecule has 0 bridgehead atoms. The Morgan fingerprint density at radius 1 is 0.400 bits per heavy atom. The fraction of sp³-hybridized carbons (Fsp3) is 0.378. The minimum absolute atomic E-state index is 0.00898. The Kier molecular flexibility index (Phi) is 12.2. The predicted molar refractivity (Wildman–Crippen MR) is 193 cm³/mol. The fourth-order valence-corrected chi connectivity index (χ4v) is 7.06. The summed E-state index contributed by atoms with van der Waals surface area (Å²) in [4.78, 5) is 0. The number of benzene rings is 4. The van der Waals surface area contributed by atoms with E-state index in [-0.39, 0.29) is 5.41 Å². The van der Waals surface area contributed by atoms with Gasteiger partial charge in [0, 0.05) is 27.7 Å². The molecule has 5 rings (SSSR count). The van der Waals surface area contributed by atoms with E-state index in [1.807, 2.05) is 0 Å². The zero-order valence-corrected chi connectivity index (χ0v) is 27.6. The predicted octanol–water partition coefficient (Wildman–Crippen LogP) is 12.3. The van der Waals surface area contributed by atoms with Gasteiger partial charge in [0.25, 0.3) is 0 Å². The van der Waals surface area contributed by atoms with Crippen LogP contribution in [0.15, 0.2) is 97.1 Å². The normalized spacial score (nSPS) is 12.4. The van der Waals surface area contributed by atoms with Gasteiger partial charge in [0.15, 0.2) is 0 Å². The topological polar surface area (TPSA) is 0 Å². The summed E-state index contributed by atoms with van der Waals surface area (Å²) < 4.78 is 0. The van der Waals surface area contributed by atoms with Crippen molar-refractivity contribution in [3.05, 3.63) is 130 Å². The second-order valence-electron chi connectivity index (χ2n) is 12.9. The van der Waals surface area contributed by atoms with Gasteiger partial charge in [-0.05, 0) is 83.6 Å². The van der Waals surface area contributed by atoms with Crippen molar-refractivity contribution in [1.29, 1.82) is 0 Å². The Morgan fingerprint density at radius 2 is 0.778 bits per heavy atom. The van der Waals surface area contributed by atoms with E-state index >= 15 is 0 Å². The van der Waals surface area contributed by atoms with Crippen molar-refractivity contribution in [2.45, 2.75) is 109 Å². The first kappa shape index (κ1) is 32.4. The third-order valence-electron chi connectivity index (χ3n) is 9.52. The molecule has 1 aliphatic carbocycles. The summed E-state index contributed by atoms with van der Waals surface area (Å²) in [5.74, 6) is 13.9. The van der Waals surface area contributed by atoms with Crippen LogP contribution < -0.4 is 0 Å². The molecule has 0 N–H and O–H groups in total. The molecule has 0 radical (unpaired) electrons. The van der Waals surface area contributed by atoms with Crippen molar-refractivity contribution in [2.75, 3.05) is 0 Å². The van der Waals surface area contributed by atoms with Crippen molar-refractivity contribution in [2.24, 2.45) is 0 Å². The highest BCUT2D eigenvalue weighted by atomic mass is 14.4. The summed E-state index contributed by atoms with van der Waals surface area (Å²) in [5, 5.41) is 0. The van der Waals surface area contributed by atoms with E-state index in [0.29, 0.717) is 0 Å². The highest BCUT2D eigenvalue weighted by Crippen LogP contribution is 2.54. The van der Waals surface area contributed by atoms with Gasteiger partial charge in [0.2, 0.25) is 0 Å². The monoisotopic (exact) mass is 590 g/mol. The van der Waals surface area contributed by atoms with Gasteiger partial charge in [-0.15, -0.1) is 0 Å². The molecule has 0 spiro atoms. The highest BCUT2D eigenvalue weighted by Gasteiger charge is 2.42. The standard InChI is InChI=1S/C45H50/c1-3-5-7-9-11-19-33-45(34-20-12-10-8-6-4-2)43-35-39(27-25-37-21-15-13-16-22-37)29-31-41(43)42-32-30-40(36-44(42)45)28-26-38-23-17-14-18-24-38/h13-18,21-24,29-32,35-36H,3-12,19-20,33-34H2,1-2H3. The molecule has 0 aromatic heterocycles. The molecule has 0 nitrogen and oxygen atoms in total. The Morgan fingerprint density at radius 3 is 1.20 bits per heavy atom. The Labute approximate surface area is 273 Å². The van der Waals surface area contributed by atoms with Gasteiger partial charge in [-0.3, -0.25) is 0 Å². The molecule has 0 fully saturated rings. The van der Waals surface area contributed by atoms with Crippen LogP contribution in [0.1, 0.15) is 137 Å². The Hall–Kier alpha value is -4.00. The van der Waals surface area contributed by atoms with E-state index in [1.54, 1.807) is 0 Å². The number of hydrogen-bond acceptors (Lipinski definition) is 0. The average molecular weight is 591 g/mol. The summed E-state index contributed by atoms with van der Waals surface area (Å²) in [7, 11) is 0. The van der Waals surface area contributed by atoms with Gasteiger partial charge < -0.3 is 0 Å². The van der Waals surface area contributed by atoms with Crippen LogP contribution in [0.25, 0.3) is 11.1 Å². The molecule has 0 aliphatic heterocycles. The van der Waals surface area contributed by atoms with Crippen molar-refractivity contribution < 1.29 is 0 Å². The van der Waals surface area contributed by atoms with E-state index in [9.17, 15) is 0 Å². The number of rotatable bonds is 14. The van der Waals surface area contributed by atoms with Gasteiger partial charge in [0.1, 0.15) is 0 Å². The van der Waals surface area contributed by atoms with Crippen LogP contribution >= 0.6 is 0 Å². The van der Waals surface area contributed by atoms with E-state index < -0.39 is 0 Å². The van der Waals surface area contributed by atoms with Gasteiger partial charge in [0.05, 0.1) is 0 Å². The Bertz CT molecular complexity index is 1490. The zero-order chi connectivity index (χ0) is 31.2. The first-order chi connectivity index (χ1) is 22.2. The first-order valence-electron chi connectivity index (χ1n) is 17.7. The second kappa shape index (κ2) is 16.9. The SMILES string of the molecule is CCCCCCCCC1(CCCCCCCC)c2cc(C#Cc3ccccc3)ccc2-c2ccc(C#Cc3ccccc3)cc21. The lowest BCUT2D eigenvalue weighted by molar-refractivity contribution is 0.397. The first-order valence-corrected chi connectivity index (χ1v) is 17.7. The van der Waals surface area contributed by atoms with Crippen molar-refractivity contribution >= 4 is 0 Å². The number of fused-ring (bicyclic) bond motifs is 3. The molecule has 0 heteroatoms. The van der Waals surface area contributed by atoms with Crippen LogP contribution in [-0.2, 0) is 5.41 Å². The summed E-state index contributed by atoms with van der Waals surface area (Å²) in [6.45, 7) is 4.61. The molecule has 4 aromatic carbocycles. The van der Waals surface area contributed by atoms with Gasteiger partial charge >= 0.3 is 0 Å². The summed E-state index contributed by atoms with van der Waals surface area (Å²) in [6.07, 6.45) is 18.2. The molecule has 0 saturated carbocycles. The molecule has 230 valence electrons. The molecule has 0 saturated heterocycles. The molecule has 1 aliphatic rings. The van der Waals surface area contributed by atoms with Crippen molar-refractivity contribution in [1.82, 2.24) is 0 Å². The van der Waals surface area contributed by atoms with Crippen molar-refractivity contribution in [3.8, 4) is 34.8 Å².